The van der Waals surface area contributed by atoms with Crippen LogP contribution in [0.25, 0.3) is 11.3 Å². The van der Waals surface area contributed by atoms with E-state index in [0.717, 1.165) is 35.5 Å². The van der Waals surface area contributed by atoms with Gasteiger partial charge in [-0.2, -0.15) is 0 Å². The number of thiazole rings is 1. The van der Waals surface area contributed by atoms with E-state index in [-0.39, 0.29) is 6.09 Å². The molecular formula is C21H30N2O2S. The molecule has 0 spiro atoms. The van der Waals surface area contributed by atoms with Crippen molar-refractivity contribution in [2.45, 2.75) is 52.9 Å². The number of rotatable bonds is 10. The number of aryl methyl sites for hydroxylation is 1. The number of aromatic nitrogens is 1. The Morgan fingerprint density at radius 2 is 2.04 bits per heavy atom. The Hall–Kier alpha value is -1.88. The number of alkyl carbamates (subject to hydrolysis) is 1. The molecule has 0 aliphatic heterocycles. The minimum atomic E-state index is -0.311. The van der Waals surface area contributed by atoms with Crippen LogP contribution in [0.2, 0.25) is 0 Å². The predicted octanol–water partition coefficient (Wildman–Crippen LogP) is 5.60. The fraction of sp³-hybridized carbons (Fsp3) is 0.524. The summed E-state index contributed by atoms with van der Waals surface area (Å²) in [4.78, 5) is 16.3. The van der Waals surface area contributed by atoms with Crippen molar-refractivity contribution in [2.75, 3.05) is 13.2 Å². The molecule has 1 amide bonds. The van der Waals surface area contributed by atoms with Crippen molar-refractivity contribution in [3.63, 3.8) is 0 Å². The van der Waals surface area contributed by atoms with Crippen LogP contribution in [-0.2, 0) is 11.2 Å². The lowest BCUT2D eigenvalue weighted by molar-refractivity contribution is 0.123. The molecule has 1 aromatic heterocycles. The number of nitrogens with one attached hydrogen (secondary N) is 1. The summed E-state index contributed by atoms with van der Waals surface area (Å²) in [5.41, 5.74) is 3.34. The highest BCUT2D eigenvalue weighted by Crippen LogP contribution is 2.21. The first kappa shape index (κ1) is 20.4. The molecule has 0 aliphatic carbocycles. The van der Waals surface area contributed by atoms with E-state index in [1.807, 2.05) is 6.92 Å². The normalized spacial score (nSPS) is 12.0. The molecule has 1 atom stereocenters. The van der Waals surface area contributed by atoms with Crippen LogP contribution in [-0.4, -0.2) is 24.2 Å². The number of amides is 1. The first-order valence-electron chi connectivity index (χ1n) is 9.54. The maximum Gasteiger partial charge on any atom is 0.407 e. The van der Waals surface area contributed by atoms with E-state index in [0.29, 0.717) is 19.1 Å². The largest absolute Gasteiger partial charge is 0.449 e. The molecule has 0 bridgehead atoms. The number of carbonyl (C=O) groups excluding carboxylic acids is 1. The van der Waals surface area contributed by atoms with Gasteiger partial charge in [-0.05, 0) is 31.2 Å². The Morgan fingerprint density at radius 1 is 1.27 bits per heavy atom. The second kappa shape index (κ2) is 11.0. The van der Waals surface area contributed by atoms with Gasteiger partial charge < -0.3 is 10.1 Å². The monoisotopic (exact) mass is 374 g/mol. The van der Waals surface area contributed by atoms with E-state index < -0.39 is 0 Å². The summed E-state index contributed by atoms with van der Waals surface area (Å²) in [7, 11) is 0. The highest BCUT2D eigenvalue weighted by atomic mass is 32.1. The van der Waals surface area contributed by atoms with Crippen molar-refractivity contribution >= 4 is 17.4 Å². The smallest absolute Gasteiger partial charge is 0.407 e. The summed E-state index contributed by atoms with van der Waals surface area (Å²) in [5, 5.41) is 6.00. The first-order chi connectivity index (χ1) is 12.6. The number of carbonyl (C=O) groups is 1. The summed E-state index contributed by atoms with van der Waals surface area (Å²) in [5.74, 6) is 0.475. The number of hydrogen-bond acceptors (Lipinski definition) is 4. The molecule has 0 saturated heterocycles. The van der Waals surface area contributed by atoms with Gasteiger partial charge >= 0.3 is 6.09 Å². The summed E-state index contributed by atoms with van der Waals surface area (Å²) in [6.45, 7) is 7.45. The molecule has 1 unspecified atom stereocenters. The van der Waals surface area contributed by atoms with E-state index in [1.165, 1.54) is 18.4 Å². The van der Waals surface area contributed by atoms with Crippen molar-refractivity contribution in [1.82, 2.24) is 10.3 Å². The minimum Gasteiger partial charge on any atom is -0.449 e. The van der Waals surface area contributed by atoms with Crippen LogP contribution >= 0.6 is 11.3 Å². The van der Waals surface area contributed by atoms with Crippen LogP contribution in [0, 0.1) is 12.8 Å². The van der Waals surface area contributed by atoms with Crippen molar-refractivity contribution in [2.24, 2.45) is 5.92 Å². The fourth-order valence-electron chi connectivity index (χ4n) is 2.79. The van der Waals surface area contributed by atoms with E-state index >= 15 is 0 Å². The van der Waals surface area contributed by atoms with Crippen LogP contribution in [0.15, 0.2) is 29.6 Å². The molecule has 0 saturated carbocycles. The standard InChI is InChI=1S/C21H30N2O2S/c1-4-6-7-17(5-2)14-25-21(24)22-13-12-18-8-10-19(11-9-18)20-15-26-16(3)23-20/h8-11,15,17H,4-7,12-14H2,1-3H3,(H,22,24). The van der Waals surface area contributed by atoms with Gasteiger partial charge in [-0.3, -0.25) is 0 Å². The molecule has 0 radical (unpaired) electrons. The molecule has 4 nitrogen and oxygen atoms in total. The Kier molecular flexibility index (Phi) is 8.62. The van der Waals surface area contributed by atoms with Gasteiger partial charge in [0.05, 0.1) is 17.3 Å². The number of unbranched alkanes of at least 4 members (excludes halogenated alkanes) is 1. The van der Waals surface area contributed by atoms with E-state index in [1.54, 1.807) is 11.3 Å². The van der Waals surface area contributed by atoms with E-state index in [4.69, 9.17) is 4.74 Å². The summed E-state index contributed by atoms with van der Waals surface area (Å²) in [6, 6.07) is 8.35. The SMILES string of the molecule is CCCCC(CC)COC(=O)NCCc1ccc(-c2csc(C)n2)cc1. The molecule has 0 fully saturated rings. The van der Waals surface area contributed by atoms with Gasteiger partial charge in [-0.1, -0.05) is 57.4 Å². The molecular weight excluding hydrogens is 344 g/mol. The average Bonchev–Trinajstić information content (AvgIpc) is 3.09. The van der Waals surface area contributed by atoms with Gasteiger partial charge in [0.1, 0.15) is 0 Å². The van der Waals surface area contributed by atoms with Crippen LogP contribution < -0.4 is 5.32 Å². The highest BCUT2D eigenvalue weighted by Gasteiger charge is 2.09. The predicted molar refractivity (Wildman–Crippen MR) is 109 cm³/mol. The number of nitrogens with zero attached hydrogens (tertiary/aromatic N) is 1. The quantitative estimate of drug-likeness (QED) is 0.588. The van der Waals surface area contributed by atoms with Crippen molar-refractivity contribution in [1.29, 1.82) is 0 Å². The van der Waals surface area contributed by atoms with Gasteiger partial charge in [-0.25, -0.2) is 9.78 Å². The zero-order valence-corrected chi connectivity index (χ0v) is 16.9. The minimum absolute atomic E-state index is 0.311. The number of benzene rings is 1. The molecule has 2 aromatic rings. The highest BCUT2D eigenvalue weighted by molar-refractivity contribution is 7.09. The van der Waals surface area contributed by atoms with Crippen molar-refractivity contribution in [3.05, 3.63) is 40.2 Å². The summed E-state index contributed by atoms with van der Waals surface area (Å²) < 4.78 is 5.35. The number of ether oxygens (including phenoxy) is 1. The molecule has 5 heteroatoms. The lowest BCUT2D eigenvalue weighted by Gasteiger charge is -2.15. The first-order valence-corrected chi connectivity index (χ1v) is 10.4. The summed E-state index contributed by atoms with van der Waals surface area (Å²) >= 11 is 1.66. The maximum atomic E-state index is 11.8. The van der Waals surface area contributed by atoms with E-state index in [9.17, 15) is 4.79 Å². The topological polar surface area (TPSA) is 51.2 Å². The van der Waals surface area contributed by atoms with Gasteiger partial charge in [-0.15, -0.1) is 11.3 Å². The molecule has 1 N–H and O–H groups in total. The fourth-order valence-corrected chi connectivity index (χ4v) is 3.41. The number of hydrogen-bond donors (Lipinski definition) is 1. The van der Waals surface area contributed by atoms with Crippen molar-refractivity contribution < 1.29 is 9.53 Å². The lowest BCUT2D eigenvalue weighted by atomic mass is 10.0. The van der Waals surface area contributed by atoms with Crippen LogP contribution in [0.3, 0.4) is 0 Å². The Balaban J connectivity index is 1.69. The third-order valence-electron chi connectivity index (χ3n) is 4.55. The second-order valence-electron chi connectivity index (χ2n) is 6.64. The Morgan fingerprint density at radius 3 is 2.65 bits per heavy atom. The van der Waals surface area contributed by atoms with E-state index in [2.05, 4.69) is 53.8 Å². The molecule has 1 aromatic carbocycles. The van der Waals surface area contributed by atoms with Crippen LogP contribution in [0.4, 0.5) is 4.79 Å². The Labute approximate surface area is 161 Å². The van der Waals surface area contributed by atoms with Gasteiger partial charge in [0.2, 0.25) is 0 Å². The summed E-state index contributed by atoms with van der Waals surface area (Å²) in [6.07, 6.45) is 5.04. The van der Waals surface area contributed by atoms with Crippen molar-refractivity contribution in [3.8, 4) is 11.3 Å². The van der Waals surface area contributed by atoms with Gasteiger partial charge in [0.15, 0.2) is 0 Å². The van der Waals surface area contributed by atoms with Crippen LogP contribution in [0.5, 0.6) is 0 Å². The van der Waals surface area contributed by atoms with Gasteiger partial charge in [0, 0.05) is 17.5 Å². The third kappa shape index (κ3) is 6.79. The lowest BCUT2D eigenvalue weighted by Crippen LogP contribution is -2.28. The second-order valence-corrected chi connectivity index (χ2v) is 7.70. The van der Waals surface area contributed by atoms with Crippen LogP contribution in [0.1, 0.15) is 50.1 Å². The van der Waals surface area contributed by atoms with Gasteiger partial charge in [0.25, 0.3) is 0 Å². The molecule has 1 heterocycles. The zero-order valence-electron chi connectivity index (χ0n) is 16.1. The maximum absolute atomic E-state index is 11.8. The zero-order chi connectivity index (χ0) is 18.8. The third-order valence-corrected chi connectivity index (χ3v) is 5.32. The Bertz CT molecular complexity index is 667. The molecule has 142 valence electrons. The average molecular weight is 375 g/mol. The molecule has 2 rings (SSSR count). The molecule has 0 aliphatic rings. The molecule has 26 heavy (non-hydrogen) atoms.